The Morgan fingerprint density at radius 2 is 1.86 bits per heavy atom. The summed E-state index contributed by atoms with van der Waals surface area (Å²) in [5, 5.41) is 17.9. The zero-order valence-corrected chi connectivity index (χ0v) is 17.3. The van der Waals surface area contributed by atoms with Crippen molar-refractivity contribution in [2.75, 3.05) is 19.8 Å². The van der Waals surface area contributed by atoms with Crippen LogP contribution in [0, 0.1) is 0 Å². The van der Waals surface area contributed by atoms with E-state index >= 15 is 0 Å². The molecule has 1 unspecified atom stereocenters. The average Bonchev–Trinajstić information content (AvgIpc) is 3.12. The van der Waals surface area contributed by atoms with E-state index in [1.165, 1.54) is 6.26 Å². The van der Waals surface area contributed by atoms with Gasteiger partial charge in [0.15, 0.2) is 15.8 Å². The van der Waals surface area contributed by atoms with Gasteiger partial charge in [0.2, 0.25) is 0 Å². The second kappa shape index (κ2) is 8.72. The van der Waals surface area contributed by atoms with Gasteiger partial charge in [0.05, 0.1) is 4.90 Å². The molecular weight excluding hydrogens is 394 g/mol. The van der Waals surface area contributed by atoms with Crippen LogP contribution < -0.4 is 10.6 Å². The van der Waals surface area contributed by atoms with Gasteiger partial charge in [-0.2, -0.15) is 0 Å². The van der Waals surface area contributed by atoms with Crippen molar-refractivity contribution >= 4 is 37.2 Å². The predicted molar refractivity (Wildman–Crippen MR) is 115 cm³/mol. The number of nitrogens with zero attached hydrogens (tertiary/aromatic N) is 1. The lowest BCUT2D eigenvalue weighted by molar-refractivity contribution is 0.184. The van der Waals surface area contributed by atoms with Crippen LogP contribution in [0.3, 0.4) is 0 Å². The molecule has 0 aliphatic rings. The van der Waals surface area contributed by atoms with E-state index in [0.29, 0.717) is 23.9 Å². The summed E-state index contributed by atoms with van der Waals surface area (Å²) in [5.74, 6) is 0.562. The molecule has 0 spiro atoms. The molecule has 28 heavy (non-hydrogen) atoms. The summed E-state index contributed by atoms with van der Waals surface area (Å²) in [6.45, 7) is 0.822. The Bertz CT molecular complexity index is 1040. The molecule has 0 saturated carbocycles. The normalized spacial score (nSPS) is 13.5. The molecule has 0 fully saturated rings. The highest BCUT2D eigenvalue weighted by Crippen LogP contribution is 2.29. The van der Waals surface area contributed by atoms with Crippen LogP contribution in [-0.4, -0.2) is 39.3 Å². The third kappa shape index (κ3) is 5.09. The standard InChI is InChI=1S/C20H23N3O3S2/c1-21-20(22-12-14-7-9-16(10-8-14)28(2,25)26)23-13-17(24)19-11-15-5-3-4-6-18(15)27-19/h3-11,17,24H,12-13H2,1-2H3,(H2,21,22,23). The van der Waals surface area contributed by atoms with Gasteiger partial charge in [0, 0.05) is 36.0 Å². The van der Waals surface area contributed by atoms with E-state index in [-0.39, 0.29) is 0 Å². The molecule has 0 radical (unpaired) electrons. The van der Waals surface area contributed by atoms with Crippen LogP contribution in [0.25, 0.3) is 10.1 Å². The molecular formula is C20H23N3O3S2. The van der Waals surface area contributed by atoms with Gasteiger partial charge in [-0.25, -0.2) is 8.42 Å². The summed E-state index contributed by atoms with van der Waals surface area (Å²) in [6, 6.07) is 16.8. The lowest BCUT2D eigenvalue weighted by Gasteiger charge is -2.14. The van der Waals surface area contributed by atoms with E-state index in [1.54, 1.807) is 42.6 Å². The summed E-state index contributed by atoms with van der Waals surface area (Å²) in [5.41, 5.74) is 0.931. The van der Waals surface area contributed by atoms with E-state index in [0.717, 1.165) is 20.5 Å². The maximum atomic E-state index is 11.5. The predicted octanol–water partition coefficient (Wildman–Crippen LogP) is 2.70. The van der Waals surface area contributed by atoms with Crippen molar-refractivity contribution in [3.8, 4) is 0 Å². The highest BCUT2D eigenvalue weighted by Gasteiger charge is 2.12. The van der Waals surface area contributed by atoms with Gasteiger partial charge >= 0.3 is 0 Å². The Balaban J connectivity index is 1.54. The van der Waals surface area contributed by atoms with Crippen molar-refractivity contribution in [2.45, 2.75) is 17.5 Å². The number of thiophene rings is 1. The molecule has 3 N–H and O–H groups in total. The van der Waals surface area contributed by atoms with Crippen molar-refractivity contribution < 1.29 is 13.5 Å². The number of benzene rings is 2. The molecule has 0 aliphatic carbocycles. The minimum Gasteiger partial charge on any atom is -0.386 e. The fourth-order valence-corrected chi connectivity index (χ4v) is 4.40. The maximum absolute atomic E-state index is 11.5. The molecule has 0 saturated heterocycles. The first-order valence-corrected chi connectivity index (χ1v) is 11.5. The summed E-state index contributed by atoms with van der Waals surface area (Å²) < 4.78 is 24.2. The van der Waals surface area contributed by atoms with Gasteiger partial charge in [-0.15, -0.1) is 11.3 Å². The van der Waals surface area contributed by atoms with Gasteiger partial charge < -0.3 is 15.7 Å². The van der Waals surface area contributed by atoms with Gasteiger partial charge in [-0.1, -0.05) is 30.3 Å². The van der Waals surface area contributed by atoms with E-state index in [1.807, 2.05) is 30.3 Å². The molecule has 1 atom stereocenters. The zero-order chi connectivity index (χ0) is 20.1. The SMILES string of the molecule is CN=C(NCc1ccc(S(C)(=O)=O)cc1)NCC(O)c1cc2ccccc2s1. The molecule has 0 amide bonds. The summed E-state index contributed by atoms with van der Waals surface area (Å²) in [4.78, 5) is 5.36. The Hall–Kier alpha value is -2.42. The minimum absolute atomic E-state index is 0.296. The second-order valence-corrected chi connectivity index (χ2v) is 9.56. The molecule has 1 aromatic heterocycles. The van der Waals surface area contributed by atoms with E-state index in [9.17, 15) is 13.5 Å². The Morgan fingerprint density at radius 3 is 2.50 bits per heavy atom. The molecule has 3 aromatic rings. The zero-order valence-electron chi connectivity index (χ0n) is 15.7. The van der Waals surface area contributed by atoms with Crippen molar-refractivity contribution in [1.82, 2.24) is 10.6 Å². The number of aliphatic hydroxyl groups is 1. The van der Waals surface area contributed by atoms with Crippen molar-refractivity contribution in [3.05, 3.63) is 65.0 Å². The van der Waals surface area contributed by atoms with Crippen LogP contribution in [0.5, 0.6) is 0 Å². The first-order chi connectivity index (χ1) is 13.4. The number of hydrogen-bond donors (Lipinski definition) is 3. The van der Waals surface area contributed by atoms with Crippen molar-refractivity contribution in [2.24, 2.45) is 4.99 Å². The largest absolute Gasteiger partial charge is 0.386 e. The molecule has 0 bridgehead atoms. The summed E-state index contributed by atoms with van der Waals surface area (Å²) in [6.07, 6.45) is 0.554. The third-order valence-corrected chi connectivity index (χ3v) is 6.62. The number of fused-ring (bicyclic) bond motifs is 1. The second-order valence-electron chi connectivity index (χ2n) is 6.43. The highest BCUT2D eigenvalue weighted by molar-refractivity contribution is 7.90. The van der Waals surface area contributed by atoms with Crippen LogP contribution >= 0.6 is 11.3 Å². The first-order valence-electron chi connectivity index (χ1n) is 8.77. The molecule has 8 heteroatoms. The molecule has 1 heterocycles. The highest BCUT2D eigenvalue weighted by atomic mass is 32.2. The Kier molecular flexibility index (Phi) is 6.33. The summed E-state index contributed by atoms with van der Waals surface area (Å²) in [7, 11) is -1.53. The fourth-order valence-electron chi connectivity index (χ4n) is 2.72. The number of aliphatic hydroxyl groups excluding tert-OH is 1. The van der Waals surface area contributed by atoms with E-state index in [2.05, 4.69) is 15.6 Å². The van der Waals surface area contributed by atoms with Crippen LogP contribution in [0.2, 0.25) is 0 Å². The molecule has 0 aliphatic heterocycles. The number of aliphatic imine (C=N–C) groups is 1. The Labute approximate surface area is 168 Å². The molecule has 148 valence electrons. The smallest absolute Gasteiger partial charge is 0.191 e. The van der Waals surface area contributed by atoms with Gasteiger partial charge in [0.1, 0.15) is 6.10 Å². The topological polar surface area (TPSA) is 90.8 Å². The van der Waals surface area contributed by atoms with Gasteiger partial charge in [-0.3, -0.25) is 4.99 Å². The number of hydrogen-bond acceptors (Lipinski definition) is 5. The third-order valence-electron chi connectivity index (χ3n) is 4.27. The van der Waals surface area contributed by atoms with Gasteiger partial charge in [0.25, 0.3) is 0 Å². The number of rotatable bonds is 6. The number of sulfone groups is 1. The first kappa shape index (κ1) is 20.3. The molecule has 2 aromatic carbocycles. The fraction of sp³-hybridized carbons (Fsp3) is 0.250. The number of nitrogens with one attached hydrogen (secondary N) is 2. The van der Waals surface area contributed by atoms with Crippen molar-refractivity contribution in [3.63, 3.8) is 0 Å². The van der Waals surface area contributed by atoms with Gasteiger partial charge in [-0.05, 0) is 35.2 Å². The van der Waals surface area contributed by atoms with Crippen LogP contribution in [0.4, 0.5) is 0 Å². The lowest BCUT2D eigenvalue weighted by Crippen LogP contribution is -2.38. The van der Waals surface area contributed by atoms with Crippen LogP contribution in [-0.2, 0) is 16.4 Å². The Morgan fingerprint density at radius 1 is 1.14 bits per heavy atom. The van der Waals surface area contributed by atoms with Crippen molar-refractivity contribution in [1.29, 1.82) is 0 Å². The maximum Gasteiger partial charge on any atom is 0.191 e. The van der Waals surface area contributed by atoms with E-state index < -0.39 is 15.9 Å². The number of guanidine groups is 1. The van der Waals surface area contributed by atoms with Crippen LogP contribution in [0.15, 0.2) is 64.5 Å². The van der Waals surface area contributed by atoms with E-state index in [4.69, 9.17) is 0 Å². The monoisotopic (exact) mass is 417 g/mol. The van der Waals surface area contributed by atoms with Crippen LogP contribution in [0.1, 0.15) is 16.5 Å². The lowest BCUT2D eigenvalue weighted by atomic mass is 10.2. The summed E-state index contributed by atoms with van der Waals surface area (Å²) >= 11 is 1.58. The quantitative estimate of drug-likeness (QED) is 0.424. The average molecular weight is 418 g/mol. The molecule has 6 nitrogen and oxygen atoms in total. The minimum atomic E-state index is -3.19. The molecule has 3 rings (SSSR count).